The minimum Gasteiger partial charge on any atom is -0.370 e. The molecule has 0 saturated carbocycles. The summed E-state index contributed by atoms with van der Waals surface area (Å²) in [7, 11) is 0. The van der Waals surface area contributed by atoms with Crippen LogP contribution in [0.4, 0.5) is 4.39 Å². The smallest absolute Gasteiger partial charge is 0.251 e. The van der Waals surface area contributed by atoms with Crippen molar-refractivity contribution >= 4 is 16.7 Å². The van der Waals surface area contributed by atoms with E-state index in [9.17, 15) is 14.0 Å². The molecule has 2 aromatic carbocycles. The zero-order valence-corrected chi connectivity index (χ0v) is 14.8. The van der Waals surface area contributed by atoms with Crippen LogP contribution in [0.5, 0.6) is 0 Å². The lowest BCUT2D eigenvalue weighted by molar-refractivity contribution is -0.118. The molecule has 1 heterocycles. The summed E-state index contributed by atoms with van der Waals surface area (Å²) in [6, 6.07) is 13.8. The summed E-state index contributed by atoms with van der Waals surface area (Å²) in [5.41, 5.74) is 6.93. The van der Waals surface area contributed by atoms with E-state index in [1.807, 2.05) is 32.0 Å². The van der Waals surface area contributed by atoms with Crippen LogP contribution in [0.2, 0.25) is 0 Å². The molecule has 134 valence electrons. The minimum absolute atomic E-state index is 0.101. The minimum atomic E-state index is -0.433. The number of amides is 1. The molecule has 0 spiro atoms. The van der Waals surface area contributed by atoms with Crippen LogP contribution in [0, 0.1) is 11.7 Å². The summed E-state index contributed by atoms with van der Waals surface area (Å²) in [5, 5.41) is 1.30. The standard InChI is InChI=1S/C21H21FN2O2/c1-12(2)16(11-20(23)25)15-8-9-19(24-21(15)26)14-7-6-13-4-3-5-18(22)17(13)10-14/h3-10,12,16H,11H2,1-2H3,(H2,23,25)(H,24,26). The number of pyridine rings is 1. The molecule has 0 bridgehead atoms. The van der Waals surface area contributed by atoms with Gasteiger partial charge in [-0.25, -0.2) is 4.39 Å². The molecule has 0 aliphatic carbocycles. The number of carbonyl (C=O) groups is 1. The van der Waals surface area contributed by atoms with Crippen molar-refractivity contribution in [2.45, 2.75) is 26.2 Å². The molecule has 3 N–H and O–H groups in total. The zero-order chi connectivity index (χ0) is 18.8. The Bertz CT molecular complexity index is 1020. The second kappa shape index (κ2) is 7.12. The lowest BCUT2D eigenvalue weighted by Crippen LogP contribution is -2.24. The molecule has 0 fully saturated rings. The third-order valence-electron chi connectivity index (χ3n) is 4.71. The van der Waals surface area contributed by atoms with Crippen molar-refractivity contribution in [1.29, 1.82) is 0 Å². The number of hydrogen-bond donors (Lipinski definition) is 2. The summed E-state index contributed by atoms with van der Waals surface area (Å²) in [6.45, 7) is 3.90. The number of halogens is 1. The summed E-state index contributed by atoms with van der Waals surface area (Å²) in [6.07, 6.45) is 0.126. The van der Waals surface area contributed by atoms with E-state index in [1.165, 1.54) is 6.07 Å². The monoisotopic (exact) mass is 352 g/mol. The van der Waals surface area contributed by atoms with Crippen LogP contribution < -0.4 is 11.3 Å². The number of benzene rings is 2. The number of carbonyl (C=O) groups excluding carboxylic acids is 1. The number of aromatic nitrogens is 1. The van der Waals surface area contributed by atoms with Crippen LogP contribution in [-0.4, -0.2) is 10.9 Å². The van der Waals surface area contributed by atoms with Gasteiger partial charge in [0.25, 0.3) is 5.56 Å². The van der Waals surface area contributed by atoms with E-state index in [-0.39, 0.29) is 29.6 Å². The highest BCUT2D eigenvalue weighted by Gasteiger charge is 2.21. The maximum Gasteiger partial charge on any atom is 0.251 e. The van der Waals surface area contributed by atoms with E-state index in [0.717, 1.165) is 10.9 Å². The summed E-state index contributed by atoms with van der Waals surface area (Å²) in [4.78, 5) is 26.8. The fourth-order valence-corrected chi connectivity index (χ4v) is 3.27. The second-order valence-electron chi connectivity index (χ2n) is 6.85. The average Bonchev–Trinajstić information content (AvgIpc) is 2.60. The number of rotatable bonds is 5. The Balaban J connectivity index is 2.03. The molecule has 1 unspecified atom stereocenters. The van der Waals surface area contributed by atoms with E-state index in [0.29, 0.717) is 16.6 Å². The molecule has 0 saturated heterocycles. The van der Waals surface area contributed by atoms with Crippen LogP contribution >= 0.6 is 0 Å². The van der Waals surface area contributed by atoms with E-state index in [1.54, 1.807) is 24.3 Å². The van der Waals surface area contributed by atoms with Gasteiger partial charge in [-0.05, 0) is 35.1 Å². The van der Waals surface area contributed by atoms with E-state index in [2.05, 4.69) is 4.98 Å². The van der Waals surface area contributed by atoms with Gasteiger partial charge in [-0.1, -0.05) is 44.2 Å². The summed E-state index contributed by atoms with van der Waals surface area (Å²) < 4.78 is 14.0. The third kappa shape index (κ3) is 3.52. The van der Waals surface area contributed by atoms with Gasteiger partial charge in [0.1, 0.15) is 5.82 Å². The molecule has 0 radical (unpaired) electrons. The Kier molecular flexibility index (Phi) is 4.89. The van der Waals surface area contributed by atoms with Gasteiger partial charge in [0, 0.05) is 29.0 Å². The van der Waals surface area contributed by atoms with Gasteiger partial charge in [0.15, 0.2) is 0 Å². The average molecular weight is 352 g/mol. The molecular weight excluding hydrogens is 331 g/mol. The second-order valence-corrected chi connectivity index (χ2v) is 6.85. The Hall–Kier alpha value is -2.95. The van der Waals surface area contributed by atoms with Crippen molar-refractivity contribution < 1.29 is 9.18 Å². The van der Waals surface area contributed by atoms with Crippen LogP contribution in [0.1, 0.15) is 31.7 Å². The molecule has 1 amide bonds. The van der Waals surface area contributed by atoms with Gasteiger partial charge >= 0.3 is 0 Å². The molecule has 0 aliphatic heterocycles. The Labute approximate surface area is 150 Å². The van der Waals surface area contributed by atoms with Gasteiger partial charge in [0.05, 0.1) is 0 Å². The highest BCUT2D eigenvalue weighted by Crippen LogP contribution is 2.28. The normalized spacial score (nSPS) is 12.5. The van der Waals surface area contributed by atoms with Crippen LogP contribution in [-0.2, 0) is 4.79 Å². The predicted molar refractivity (Wildman–Crippen MR) is 101 cm³/mol. The number of primary amides is 1. The molecule has 3 rings (SSSR count). The van der Waals surface area contributed by atoms with Crippen LogP contribution in [0.25, 0.3) is 22.0 Å². The fourth-order valence-electron chi connectivity index (χ4n) is 3.27. The van der Waals surface area contributed by atoms with E-state index in [4.69, 9.17) is 5.73 Å². The molecule has 4 nitrogen and oxygen atoms in total. The molecule has 26 heavy (non-hydrogen) atoms. The molecule has 3 aromatic rings. The quantitative estimate of drug-likeness (QED) is 0.729. The number of hydrogen-bond acceptors (Lipinski definition) is 2. The van der Waals surface area contributed by atoms with Gasteiger partial charge in [-0.3, -0.25) is 9.59 Å². The van der Waals surface area contributed by atoms with Gasteiger partial charge in [0.2, 0.25) is 5.91 Å². The lowest BCUT2D eigenvalue weighted by atomic mass is 9.86. The Morgan fingerprint density at radius 1 is 1.15 bits per heavy atom. The van der Waals surface area contributed by atoms with Crippen molar-refractivity contribution in [2.24, 2.45) is 11.7 Å². The maximum atomic E-state index is 14.0. The van der Waals surface area contributed by atoms with Gasteiger partial charge in [-0.15, -0.1) is 0 Å². The van der Waals surface area contributed by atoms with Crippen molar-refractivity contribution in [1.82, 2.24) is 4.98 Å². The number of fused-ring (bicyclic) bond motifs is 1. The summed E-state index contributed by atoms with van der Waals surface area (Å²) >= 11 is 0. The largest absolute Gasteiger partial charge is 0.370 e. The Morgan fingerprint density at radius 2 is 1.92 bits per heavy atom. The first kappa shape index (κ1) is 17.9. The van der Waals surface area contributed by atoms with Gasteiger partial charge < -0.3 is 10.7 Å². The van der Waals surface area contributed by atoms with E-state index < -0.39 is 5.91 Å². The number of H-pyrrole nitrogens is 1. The number of nitrogens with two attached hydrogens (primary N) is 1. The topological polar surface area (TPSA) is 76.0 Å². The Morgan fingerprint density at radius 3 is 2.58 bits per heavy atom. The highest BCUT2D eigenvalue weighted by molar-refractivity contribution is 5.87. The van der Waals surface area contributed by atoms with E-state index >= 15 is 0 Å². The fraction of sp³-hybridized carbons (Fsp3) is 0.238. The first-order valence-electron chi connectivity index (χ1n) is 8.57. The van der Waals surface area contributed by atoms with Gasteiger partial charge in [-0.2, -0.15) is 0 Å². The molecule has 1 aromatic heterocycles. The maximum absolute atomic E-state index is 14.0. The number of aromatic amines is 1. The first-order chi connectivity index (χ1) is 12.4. The summed E-state index contributed by atoms with van der Waals surface area (Å²) in [5.74, 6) is -0.870. The SMILES string of the molecule is CC(C)C(CC(N)=O)c1ccc(-c2ccc3cccc(F)c3c2)[nH]c1=O. The first-order valence-corrected chi connectivity index (χ1v) is 8.57. The highest BCUT2D eigenvalue weighted by atomic mass is 19.1. The lowest BCUT2D eigenvalue weighted by Gasteiger charge is -2.19. The molecular formula is C21H21FN2O2. The predicted octanol–water partition coefficient (Wildman–Crippen LogP) is 3.95. The van der Waals surface area contributed by atoms with Crippen molar-refractivity contribution in [2.75, 3.05) is 0 Å². The van der Waals surface area contributed by atoms with Crippen LogP contribution in [0.3, 0.4) is 0 Å². The zero-order valence-electron chi connectivity index (χ0n) is 14.8. The molecule has 5 heteroatoms. The van der Waals surface area contributed by atoms with Crippen molar-refractivity contribution in [3.05, 3.63) is 70.3 Å². The van der Waals surface area contributed by atoms with Crippen LogP contribution in [0.15, 0.2) is 53.3 Å². The molecule has 1 atom stereocenters. The number of nitrogens with one attached hydrogen (secondary N) is 1. The third-order valence-corrected chi connectivity index (χ3v) is 4.71. The van der Waals surface area contributed by atoms with Crippen molar-refractivity contribution in [3.63, 3.8) is 0 Å². The van der Waals surface area contributed by atoms with Crippen molar-refractivity contribution in [3.8, 4) is 11.3 Å². The molecule has 0 aliphatic rings.